The van der Waals surface area contributed by atoms with Gasteiger partial charge < -0.3 is 9.73 Å². The number of nitrogens with zero attached hydrogens (tertiary/aromatic N) is 1. The molecule has 6 heteroatoms. The minimum absolute atomic E-state index is 0.00945. The van der Waals surface area contributed by atoms with Gasteiger partial charge in [-0.3, -0.25) is 0 Å². The fourth-order valence-electron chi connectivity index (χ4n) is 3.12. The number of nitrogens with one attached hydrogen (secondary N) is 1. The summed E-state index contributed by atoms with van der Waals surface area (Å²) < 4.78 is 30.5. The molecule has 1 aromatic rings. The Morgan fingerprint density at radius 3 is 2.62 bits per heavy atom. The molecule has 3 atom stereocenters. The highest BCUT2D eigenvalue weighted by Crippen LogP contribution is 2.34. The summed E-state index contributed by atoms with van der Waals surface area (Å²) in [4.78, 5) is 0. The maximum Gasteiger partial charge on any atom is 0.275 e. The molecule has 1 heterocycles. The van der Waals surface area contributed by atoms with Crippen molar-refractivity contribution in [3.05, 3.63) is 17.9 Å². The summed E-state index contributed by atoms with van der Waals surface area (Å²) in [6, 6.07) is 3.76. The van der Waals surface area contributed by atoms with E-state index >= 15 is 0 Å². The average molecular weight is 314 g/mol. The summed E-state index contributed by atoms with van der Waals surface area (Å²) in [5.41, 5.74) is 0. The second-order valence-electron chi connectivity index (χ2n) is 6.10. The van der Waals surface area contributed by atoms with Crippen LogP contribution in [0.5, 0.6) is 0 Å². The summed E-state index contributed by atoms with van der Waals surface area (Å²) in [7, 11) is -0.476. The van der Waals surface area contributed by atoms with Crippen LogP contribution >= 0.6 is 0 Å². The highest BCUT2D eigenvalue weighted by atomic mass is 32.2. The molecule has 0 spiro atoms. The number of rotatable bonds is 6. The molecule has 1 saturated carbocycles. The minimum Gasteiger partial charge on any atom is -0.447 e. The second kappa shape index (κ2) is 6.50. The number of furan rings is 1. The summed E-state index contributed by atoms with van der Waals surface area (Å²) in [5, 5.41) is 3.51. The van der Waals surface area contributed by atoms with Gasteiger partial charge in [-0.25, -0.2) is 12.7 Å². The quantitative estimate of drug-likeness (QED) is 0.876. The van der Waals surface area contributed by atoms with Gasteiger partial charge in [-0.1, -0.05) is 20.3 Å². The lowest BCUT2D eigenvalue weighted by molar-refractivity contribution is 0.326. The molecule has 0 bridgehead atoms. The van der Waals surface area contributed by atoms with Gasteiger partial charge in [0, 0.05) is 20.1 Å². The van der Waals surface area contributed by atoms with Crippen LogP contribution in [0, 0.1) is 11.8 Å². The zero-order valence-electron chi connectivity index (χ0n) is 13.3. The Hall–Kier alpha value is -0.850. The molecule has 0 saturated heterocycles. The zero-order chi connectivity index (χ0) is 15.6. The van der Waals surface area contributed by atoms with Crippen LogP contribution < -0.4 is 5.32 Å². The van der Waals surface area contributed by atoms with Crippen LogP contribution in [-0.2, 0) is 16.6 Å². The van der Waals surface area contributed by atoms with Crippen molar-refractivity contribution in [3.63, 3.8) is 0 Å². The third-order valence-electron chi connectivity index (χ3n) is 4.66. The van der Waals surface area contributed by atoms with Crippen LogP contribution in [0.2, 0.25) is 0 Å². The van der Waals surface area contributed by atoms with Crippen molar-refractivity contribution >= 4 is 10.0 Å². The minimum atomic E-state index is -3.48. The SMILES string of the molecule is CCC1CCC(NCc2ccc(S(=O)(=O)N(C)C)o2)C1C. The third-order valence-corrected chi connectivity index (χ3v) is 6.35. The summed E-state index contributed by atoms with van der Waals surface area (Å²) in [6.07, 6.45) is 3.68. The van der Waals surface area contributed by atoms with Crippen molar-refractivity contribution in [2.24, 2.45) is 11.8 Å². The molecule has 0 aromatic carbocycles. The normalized spacial score (nSPS) is 26.6. The Morgan fingerprint density at radius 2 is 2.05 bits per heavy atom. The number of hydrogen-bond donors (Lipinski definition) is 1. The van der Waals surface area contributed by atoms with Crippen LogP contribution in [0.1, 0.15) is 38.9 Å². The van der Waals surface area contributed by atoms with E-state index < -0.39 is 10.0 Å². The van der Waals surface area contributed by atoms with Gasteiger partial charge in [-0.15, -0.1) is 0 Å². The van der Waals surface area contributed by atoms with E-state index in [1.54, 1.807) is 6.07 Å². The molecule has 3 unspecified atom stereocenters. The molecule has 1 N–H and O–H groups in total. The first kappa shape index (κ1) is 16.5. The van der Waals surface area contributed by atoms with Gasteiger partial charge in [0.15, 0.2) is 0 Å². The molecular formula is C15H26N2O3S. The van der Waals surface area contributed by atoms with E-state index in [0.717, 1.165) is 10.2 Å². The number of sulfonamides is 1. The van der Waals surface area contributed by atoms with E-state index in [9.17, 15) is 8.42 Å². The lowest BCUT2D eigenvalue weighted by atomic mass is 9.93. The Morgan fingerprint density at radius 1 is 1.33 bits per heavy atom. The van der Waals surface area contributed by atoms with Crippen molar-refractivity contribution in [1.82, 2.24) is 9.62 Å². The molecule has 1 aromatic heterocycles. The first-order valence-corrected chi connectivity index (χ1v) is 9.05. The molecule has 21 heavy (non-hydrogen) atoms. The number of hydrogen-bond acceptors (Lipinski definition) is 4. The standard InChI is InChI=1S/C15H26N2O3S/c1-5-12-6-8-14(11(12)2)16-10-13-7-9-15(20-13)21(18,19)17(3)4/h7,9,11-12,14,16H,5-6,8,10H2,1-4H3. The molecule has 120 valence electrons. The fraction of sp³-hybridized carbons (Fsp3) is 0.733. The van der Waals surface area contributed by atoms with Gasteiger partial charge in [0.05, 0.1) is 6.54 Å². The first-order valence-electron chi connectivity index (χ1n) is 7.61. The molecule has 0 aliphatic heterocycles. The lowest BCUT2D eigenvalue weighted by Gasteiger charge is -2.20. The van der Waals surface area contributed by atoms with Gasteiger partial charge >= 0.3 is 0 Å². The van der Waals surface area contributed by atoms with Gasteiger partial charge in [0.25, 0.3) is 10.0 Å². The maximum absolute atomic E-state index is 12.0. The third kappa shape index (κ3) is 3.49. The lowest BCUT2D eigenvalue weighted by Crippen LogP contribution is -2.32. The van der Waals surface area contributed by atoms with Crippen LogP contribution in [0.4, 0.5) is 0 Å². The Kier molecular flexibility index (Phi) is 5.11. The molecule has 5 nitrogen and oxygen atoms in total. The largest absolute Gasteiger partial charge is 0.447 e. The second-order valence-corrected chi connectivity index (χ2v) is 8.18. The Balaban J connectivity index is 1.95. The van der Waals surface area contributed by atoms with E-state index in [2.05, 4.69) is 19.2 Å². The highest BCUT2D eigenvalue weighted by Gasteiger charge is 2.31. The summed E-state index contributed by atoms with van der Waals surface area (Å²) in [6.45, 7) is 5.12. The van der Waals surface area contributed by atoms with E-state index in [1.807, 2.05) is 0 Å². The molecule has 2 rings (SSSR count). The summed E-state index contributed by atoms with van der Waals surface area (Å²) >= 11 is 0. The zero-order valence-corrected chi connectivity index (χ0v) is 14.1. The van der Waals surface area contributed by atoms with Gasteiger partial charge in [0.1, 0.15) is 5.76 Å². The predicted octanol–water partition coefficient (Wildman–Crippen LogP) is 2.44. The van der Waals surface area contributed by atoms with Crippen molar-refractivity contribution in [3.8, 4) is 0 Å². The summed E-state index contributed by atoms with van der Waals surface area (Å²) in [5.74, 6) is 2.13. The molecule has 1 aliphatic rings. The Bertz CT molecular complexity index is 565. The van der Waals surface area contributed by atoms with Gasteiger partial charge in [-0.05, 0) is 36.8 Å². The van der Waals surface area contributed by atoms with Crippen LogP contribution in [0.25, 0.3) is 0 Å². The van der Waals surface area contributed by atoms with E-state index in [0.29, 0.717) is 24.3 Å². The molecule has 0 radical (unpaired) electrons. The van der Waals surface area contributed by atoms with Crippen molar-refractivity contribution in [1.29, 1.82) is 0 Å². The monoisotopic (exact) mass is 314 g/mol. The van der Waals surface area contributed by atoms with E-state index in [1.165, 1.54) is 39.4 Å². The fourth-order valence-corrected chi connectivity index (χ4v) is 3.93. The van der Waals surface area contributed by atoms with Crippen LogP contribution in [0.3, 0.4) is 0 Å². The van der Waals surface area contributed by atoms with Gasteiger partial charge in [0.2, 0.25) is 5.09 Å². The molecular weight excluding hydrogens is 288 g/mol. The first-order chi connectivity index (χ1) is 9.86. The molecule has 0 amide bonds. The topological polar surface area (TPSA) is 62.6 Å². The van der Waals surface area contributed by atoms with Crippen LogP contribution in [0.15, 0.2) is 21.6 Å². The predicted molar refractivity (Wildman–Crippen MR) is 82.4 cm³/mol. The molecule has 1 aliphatic carbocycles. The van der Waals surface area contributed by atoms with Crippen molar-refractivity contribution < 1.29 is 12.8 Å². The van der Waals surface area contributed by atoms with Gasteiger partial charge in [-0.2, -0.15) is 0 Å². The van der Waals surface area contributed by atoms with E-state index in [-0.39, 0.29) is 5.09 Å². The highest BCUT2D eigenvalue weighted by molar-refractivity contribution is 7.88. The van der Waals surface area contributed by atoms with Crippen LogP contribution in [-0.4, -0.2) is 32.9 Å². The maximum atomic E-state index is 12.0. The smallest absolute Gasteiger partial charge is 0.275 e. The van der Waals surface area contributed by atoms with Crippen molar-refractivity contribution in [2.45, 2.75) is 50.8 Å². The Labute approximate surface area is 127 Å². The average Bonchev–Trinajstić information content (AvgIpc) is 3.03. The van der Waals surface area contributed by atoms with E-state index in [4.69, 9.17) is 4.42 Å². The van der Waals surface area contributed by atoms with Crippen molar-refractivity contribution in [2.75, 3.05) is 14.1 Å². The molecule has 1 fully saturated rings.